The molecular weight excluding hydrogens is 410 g/mol. The van der Waals surface area contributed by atoms with Gasteiger partial charge in [-0.15, -0.1) is 0 Å². The number of phosphoric acid groups is 2. The second kappa shape index (κ2) is 7.67. The highest BCUT2D eigenvalue weighted by molar-refractivity contribution is 7.60. The van der Waals surface area contributed by atoms with Crippen LogP contribution in [0.4, 0.5) is 5.82 Å². The van der Waals surface area contributed by atoms with Gasteiger partial charge in [0.2, 0.25) is 0 Å². The SMILES string of the molecule is Cc1ncc(-n2c(C)c(CCOP(=O)(O)OP(=O)(O)O)sc2=O)c(N)n1. The predicted molar refractivity (Wildman–Crippen MR) is 92.0 cm³/mol. The van der Waals surface area contributed by atoms with Gasteiger partial charge < -0.3 is 20.4 Å². The van der Waals surface area contributed by atoms with E-state index in [0.29, 0.717) is 22.1 Å². The summed E-state index contributed by atoms with van der Waals surface area (Å²) in [6.07, 6.45) is 1.44. The maximum Gasteiger partial charge on any atom is 0.481 e. The van der Waals surface area contributed by atoms with Gasteiger partial charge in [-0.25, -0.2) is 19.1 Å². The minimum absolute atomic E-state index is 0.0282. The maximum atomic E-state index is 12.2. The van der Waals surface area contributed by atoms with E-state index in [0.717, 1.165) is 11.3 Å². The molecule has 1 unspecified atom stereocenters. The van der Waals surface area contributed by atoms with Crippen LogP contribution in [0.25, 0.3) is 5.69 Å². The second-order valence-corrected chi connectivity index (χ2v) is 8.90. The molecule has 0 fully saturated rings. The molecule has 2 heterocycles. The molecule has 26 heavy (non-hydrogen) atoms. The number of phosphoric ester groups is 1. The van der Waals surface area contributed by atoms with Gasteiger partial charge in [0.1, 0.15) is 11.5 Å². The average Bonchev–Trinajstić information content (AvgIpc) is 2.72. The van der Waals surface area contributed by atoms with Crippen LogP contribution in [-0.4, -0.2) is 35.8 Å². The molecule has 0 aliphatic rings. The van der Waals surface area contributed by atoms with Gasteiger partial charge in [-0.3, -0.25) is 13.9 Å². The Bertz CT molecular complexity index is 968. The summed E-state index contributed by atoms with van der Waals surface area (Å²) < 4.78 is 31.5. The third kappa shape index (κ3) is 5.29. The average molecular weight is 426 g/mol. The third-order valence-corrected chi connectivity index (χ3v) is 6.37. The Morgan fingerprint density at radius 3 is 2.54 bits per heavy atom. The minimum atomic E-state index is -5.18. The van der Waals surface area contributed by atoms with Crippen molar-refractivity contribution in [2.24, 2.45) is 0 Å². The molecule has 0 spiro atoms. The number of aromatic nitrogens is 3. The molecule has 0 bridgehead atoms. The van der Waals surface area contributed by atoms with Gasteiger partial charge in [0, 0.05) is 17.0 Å². The molecule has 2 aromatic rings. The summed E-state index contributed by atoms with van der Waals surface area (Å²) in [6, 6.07) is 0. The van der Waals surface area contributed by atoms with Gasteiger partial charge in [-0.1, -0.05) is 11.3 Å². The Balaban J connectivity index is 2.17. The second-order valence-electron chi connectivity index (χ2n) is 5.02. The van der Waals surface area contributed by atoms with Crippen molar-refractivity contribution in [2.75, 3.05) is 12.3 Å². The first-order valence-electron chi connectivity index (χ1n) is 6.94. The van der Waals surface area contributed by atoms with E-state index < -0.39 is 22.3 Å². The number of nitrogen functional groups attached to an aromatic ring is 1. The number of rotatable bonds is 7. The van der Waals surface area contributed by atoms with Crippen molar-refractivity contribution >= 4 is 32.8 Å². The van der Waals surface area contributed by atoms with Crippen LogP contribution in [0.15, 0.2) is 11.0 Å². The van der Waals surface area contributed by atoms with E-state index in [1.54, 1.807) is 13.8 Å². The highest BCUT2D eigenvalue weighted by Gasteiger charge is 2.32. The molecule has 0 amide bonds. The highest BCUT2D eigenvalue weighted by Crippen LogP contribution is 2.57. The molecule has 0 aliphatic carbocycles. The van der Waals surface area contributed by atoms with Crippen LogP contribution in [0.5, 0.6) is 0 Å². The summed E-state index contributed by atoms with van der Waals surface area (Å²) in [7, 11) is -10.1. The van der Waals surface area contributed by atoms with Crippen molar-refractivity contribution in [3.8, 4) is 5.69 Å². The predicted octanol–water partition coefficient (Wildman–Crippen LogP) is 0.657. The first kappa shape index (κ1) is 20.9. The first-order valence-corrected chi connectivity index (χ1v) is 10.8. The van der Waals surface area contributed by atoms with Crippen molar-refractivity contribution in [3.05, 3.63) is 32.3 Å². The van der Waals surface area contributed by atoms with Crippen LogP contribution in [0.2, 0.25) is 0 Å². The molecule has 0 aromatic carbocycles. The fraction of sp³-hybridized carbons (Fsp3) is 0.364. The van der Waals surface area contributed by atoms with Crippen LogP contribution < -0.4 is 10.6 Å². The van der Waals surface area contributed by atoms with Gasteiger partial charge in [0.15, 0.2) is 5.82 Å². The minimum Gasteiger partial charge on any atom is -0.382 e. The van der Waals surface area contributed by atoms with E-state index >= 15 is 0 Å². The first-order chi connectivity index (χ1) is 11.9. The van der Waals surface area contributed by atoms with Crippen LogP contribution >= 0.6 is 27.0 Å². The molecule has 0 saturated heterocycles. The van der Waals surface area contributed by atoms with Gasteiger partial charge in [0.25, 0.3) is 0 Å². The van der Waals surface area contributed by atoms with Crippen LogP contribution in [-0.2, 0) is 24.4 Å². The lowest BCUT2D eigenvalue weighted by Crippen LogP contribution is -2.15. The molecule has 0 radical (unpaired) electrons. The molecule has 5 N–H and O–H groups in total. The topological polar surface area (TPSA) is 187 Å². The number of hydrogen-bond donors (Lipinski definition) is 4. The summed E-state index contributed by atoms with van der Waals surface area (Å²) in [5.74, 6) is 0.572. The number of aryl methyl sites for hydroxylation is 1. The Hall–Kier alpha value is -1.43. The summed E-state index contributed by atoms with van der Waals surface area (Å²) in [5, 5.41) is 0. The zero-order valence-corrected chi connectivity index (χ0v) is 16.2. The third-order valence-electron chi connectivity index (χ3n) is 3.08. The zero-order valence-electron chi connectivity index (χ0n) is 13.6. The van der Waals surface area contributed by atoms with Crippen LogP contribution in [0, 0.1) is 13.8 Å². The van der Waals surface area contributed by atoms with Crippen LogP contribution in [0.1, 0.15) is 16.4 Å². The highest BCUT2D eigenvalue weighted by atomic mass is 32.1. The molecular formula is C11H16N4O8P2S. The molecule has 2 rings (SSSR count). The zero-order chi connectivity index (χ0) is 19.7. The van der Waals surface area contributed by atoms with Crippen LogP contribution in [0.3, 0.4) is 0 Å². The van der Waals surface area contributed by atoms with Crippen molar-refractivity contribution in [1.29, 1.82) is 0 Å². The van der Waals surface area contributed by atoms with E-state index in [9.17, 15) is 18.8 Å². The Morgan fingerprint density at radius 2 is 1.96 bits per heavy atom. The van der Waals surface area contributed by atoms with Gasteiger partial charge >= 0.3 is 20.5 Å². The lowest BCUT2D eigenvalue weighted by atomic mass is 10.3. The smallest absolute Gasteiger partial charge is 0.382 e. The Kier molecular flexibility index (Phi) is 6.16. The van der Waals surface area contributed by atoms with Gasteiger partial charge in [0.05, 0.1) is 12.8 Å². The molecule has 0 aliphatic heterocycles. The quantitative estimate of drug-likeness (QED) is 0.455. The molecule has 1 atom stereocenters. The number of thiazole rings is 1. The molecule has 0 saturated carbocycles. The fourth-order valence-corrected chi connectivity index (χ4v) is 4.61. The van der Waals surface area contributed by atoms with E-state index in [1.807, 2.05) is 0 Å². The van der Waals surface area contributed by atoms with E-state index in [1.165, 1.54) is 10.8 Å². The fourth-order valence-electron chi connectivity index (χ4n) is 2.06. The van der Waals surface area contributed by atoms with Gasteiger partial charge in [-0.2, -0.15) is 4.31 Å². The maximum absolute atomic E-state index is 12.2. The number of nitrogens with two attached hydrogens (primary N) is 1. The molecule has 2 aromatic heterocycles. The Morgan fingerprint density at radius 1 is 1.31 bits per heavy atom. The summed E-state index contributed by atoms with van der Waals surface area (Å²) in [6.45, 7) is 2.88. The standard InChI is InChI=1S/C11H16N4O8P2S/c1-6-9(3-4-22-25(20,21)23-24(17,18)19)26-11(16)15(6)8-5-13-7(2)14-10(8)12/h5H,3-4H2,1-2H3,(H,20,21)(H2,12,13,14)(H2,17,18,19). The lowest BCUT2D eigenvalue weighted by Gasteiger charge is -2.12. The van der Waals surface area contributed by atoms with Crippen molar-refractivity contribution in [2.45, 2.75) is 20.3 Å². The number of nitrogens with zero attached hydrogens (tertiary/aromatic N) is 3. The van der Waals surface area contributed by atoms with Crippen molar-refractivity contribution < 1.29 is 32.6 Å². The van der Waals surface area contributed by atoms with E-state index in [4.69, 9.17) is 15.5 Å². The summed E-state index contributed by atoms with van der Waals surface area (Å²) in [4.78, 5) is 46.7. The summed E-state index contributed by atoms with van der Waals surface area (Å²) >= 11 is 0.863. The molecule has 15 heteroatoms. The molecule has 12 nitrogen and oxygen atoms in total. The number of anilines is 1. The van der Waals surface area contributed by atoms with E-state index in [2.05, 4.69) is 18.8 Å². The largest absolute Gasteiger partial charge is 0.481 e. The van der Waals surface area contributed by atoms with Gasteiger partial charge in [-0.05, 0) is 13.8 Å². The van der Waals surface area contributed by atoms with Crippen molar-refractivity contribution in [3.63, 3.8) is 0 Å². The van der Waals surface area contributed by atoms with E-state index in [-0.39, 0.29) is 17.1 Å². The number of hydrogen-bond acceptors (Lipinski definition) is 9. The Labute approximate surface area is 151 Å². The van der Waals surface area contributed by atoms with Crippen molar-refractivity contribution in [1.82, 2.24) is 14.5 Å². The normalized spacial score (nSPS) is 14.3. The summed E-state index contributed by atoms with van der Waals surface area (Å²) in [5.41, 5.74) is 6.64. The monoisotopic (exact) mass is 426 g/mol. The lowest BCUT2D eigenvalue weighted by molar-refractivity contribution is 0.180. The molecule has 144 valence electrons.